The van der Waals surface area contributed by atoms with Crippen molar-refractivity contribution in [3.63, 3.8) is 0 Å². The van der Waals surface area contributed by atoms with Crippen LogP contribution >= 0.6 is 0 Å². The number of carbonyl (C=O) groups excluding carboxylic acids is 1. The molecule has 1 aliphatic rings. The largest absolute Gasteiger partial charge is 0.493 e. The van der Waals surface area contributed by atoms with Crippen LogP contribution in [-0.2, 0) is 11.3 Å². The Morgan fingerprint density at radius 3 is 2.35 bits per heavy atom. The highest BCUT2D eigenvalue weighted by molar-refractivity contribution is 5.81. The number of rotatable bonds is 8. The molecule has 1 aromatic heterocycles. The first-order chi connectivity index (χ1) is 15.0. The Balaban J connectivity index is 1.78. The van der Waals surface area contributed by atoms with Gasteiger partial charge in [0.05, 0.1) is 30.6 Å². The molecular weight excluding hydrogens is 390 g/mol. The summed E-state index contributed by atoms with van der Waals surface area (Å²) in [6.45, 7) is 6.52. The van der Waals surface area contributed by atoms with Gasteiger partial charge in [0, 0.05) is 12.0 Å². The number of hydrogen-bond acceptors (Lipinski definition) is 4. The van der Waals surface area contributed by atoms with Crippen LogP contribution in [-0.4, -0.2) is 33.7 Å². The van der Waals surface area contributed by atoms with Gasteiger partial charge >= 0.3 is 0 Å². The first-order valence-corrected chi connectivity index (χ1v) is 10.7. The maximum atomic E-state index is 12.9. The monoisotopic (exact) mass is 419 g/mol. The SMILES string of the molecule is COc1ccccc1Oc1c(CN(C(=O)C2CC2)C(C)C)c(C)nn1-c1ccccc1. The van der Waals surface area contributed by atoms with Gasteiger partial charge in [0.25, 0.3) is 0 Å². The molecule has 2 aromatic carbocycles. The van der Waals surface area contributed by atoms with Crippen LogP contribution in [0.5, 0.6) is 17.4 Å². The Bertz CT molecular complexity index is 1060. The molecule has 0 atom stereocenters. The van der Waals surface area contributed by atoms with E-state index in [1.165, 1.54) is 0 Å². The molecule has 4 rings (SSSR count). The first kappa shape index (κ1) is 21.0. The van der Waals surface area contributed by atoms with Crippen LogP contribution in [0.2, 0.25) is 0 Å². The highest BCUT2D eigenvalue weighted by Gasteiger charge is 2.35. The Labute approximate surface area is 183 Å². The maximum absolute atomic E-state index is 12.9. The van der Waals surface area contributed by atoms with Crippen LogP contribution in [0.25, 0.3) is 5.69 Å². The Kier molecular flexibility index (Phi) is 5.98. The van der Waals surface area contributed by atoms with Gasteiger partial charge < -0.3 is 14.4 Å². The summed E-state index contributed by atoms with van der Waals surface area (Å²) in [5.41, 5.74) is 2.63. The van der Waals surface area contributed by atoms with Gasteiger partial charge in [-0.15, -0.1) is 0 Å². The van der Waals surface area contributed by atoms with Crippen molar-refractivity contribution in [3.8, 4) is 23.1 Å². The molecule has 1 aliphatic carbocycles. The smallest absolute Gasteiger partial charge is 0.228 e. The number of hydrogen-bond donors (Lipinski definition) is 0. The van der Waals surface area contributed by atoms with Crippen LogP contribution in [0, 0.1) is 12.8 Å². The molecule has 6 heteroatoms. The van der Waals surface area contributed by atoms with Crippen molar-refractivity contribution in [1.82, 2.24) is 14.7 Å². The van der Waals surface area contributed by atoms with Gasteiger partial charge in [-0.05, 0) is 57.9 Å². The van der Waals surface area contributed by atoms with Crippen LogP contribution < -0.4 is 9.47 Å². The molecule has 0 saturated heterocycles. The molecule has 1 saturated carbocycles. The van der Waals surface area contributed by atoms with Crippen molar-refractivity contribution >= 4 is 5.91 Å². The van der Waals surface area contributed by atoms with Gasteiger partial charge in [0.15, 0.2) is 11.5 Å². The van der Waals surface area contributed by atoms with E-state index in [-0.39, 0.29) is 17.9 Å². The molecule has 6 nitrogen and oxygen atoms in total. The van der Waals surface area contributed by atoms with E-state index in [0.717, 1.165) is 29.8 Å². The van der Waals surface area contributed by atoms with E-state index < -0.39 is 0 Å². The molecule has 0 unspecified atom stereocenters. The van der Waals surface area contributed by atoms with E-state index in [1.54, 1.807) is 11.8 Å². The average Bonchev–Trinajstić information content (AvgIpc) is 3.58. The van der Waals surface area contributed by atoms with E-state index in [4.69, 9.17) is 14.6 Å². The molecule has 1 heterocycles. The second-order valence-corrected chi connectivity index (χ2v) is 8.20. The minimum Gasteiger partial charge on any atom is -0.493 e. The molecule has 0 bridgehead atoms. The fraction of sp³-hybridized carbons (Fsp3) is 0.360. The molecule has 162 valence electrons. The van der Waals surface area contributed by atoms with E-state index in [2.05, 4.69) is 13.8 Å². The van der Waals surface area contributed by atoms with Gasteiger partial charge in [-0.3, -0.25) is 4.79 Å². The minimum atomic E-state index is 0.0895. The maximum Gasteiger partial charge on any atom is 0.228 e. The molecular formula is C25H29N3O3. The van der Waals surface area contributed by atoms with Crippen LogP contribution in [0.4, 0.5) is 0 Å². The fourth-order valence-corrected chi connectivity index (χ4v) is 3.63. The van der Waals surface area contributed by atoms with Crippen LogP contribution in [0.1, 0.15) is 37.9 Å². The highest BCUT2D eigenvalue weighted by Crippen LogP contribution is 2.37. The van der Waals surface area contributed by atoms with Crippen molar-refractivity contribution in [1.29, 1.82) is 0 Å². The third-order valence-corrected chi connectivity index (χ3v) is 5.58. The third kappa shape index (κ3) is 4.43. The van der Waals surface area contributed by atoms with E-state index >= 15 is 0 Å². The zero-order chi connectivity index (χ0) is 22.0. The highest BCUT2D eigenvalue weighted by atomic mass is 16.5. The topological polar surface area (TPSA) is 56.6 Å². The lowest BCUT2D eigenvalue weighted by atomic mass is 10.2. The average molecular weight is 420 g/mol. The van der Waals surface area contributed by atoms with Gasteiger partial charge in [-0.2, -0.15) is 5.10 Å². The van der Waals surface area contributed by atoms with Crippen molar-refractivity contribution < 1.29 is 14.3 Å². The first-order valence-electron chi connectivity index (χ1n) is 10.7. The van der Waals surface area contributed by atoms with Crippen molar-refractivity contribution in [3.05, 3.63) is 65.9 Å². The summed E-state index contributed by atoms with van der Waals surface area (Å²) in [5, 5.41) is 4.78. The normalized spacial score (nSPS) is 13.3. The number of aryl methyl sites for hydroxylation is 1. The van der Waals surface area contributed by atoms with Gasteiger partial charge in [-0.1, -0.05) is 30.3 Å². The number of amides is 1. The summed E-state index contributed by atoms with van der Waals surface area (Å²) in [6.07, 6.45) is 1.96. The van der Waals surface area contributed by atoms with Gasteiger partial charge in [0.1, 0.15) is 0 Å². The Morgan fingerprint density at radius 1 is 1.10 bits per heavy atom. The second-order valence-electron chi connectivity index (χ2n) is 8.20. The van der Waals surface area contributed by atoms with Crippen molar-refractivity contribution in [2.45, 2.75) is 46.2 Å². The summed E-state index contributed by atoms with van der Waals surface area (Å²) >= 11 is 0. The predicted molar refractivity (Wildman–Crippen MR) is 120 cm³/mol. The minimum absolute atomic E-state index is 0.0895. The molecule has 0 aliphatic heterocycles. The summed E-state index contributed by atoms with van der Waals surface area (Å²) in [7, 11) is 1.62. The van der Waals surface area contributed by atoms with Crippen molar-refractivity contribution in [2.24, 2.45) is 5.92 Å². The molecule has 31 heavy (non-hydrogen) atoms. The molecule has 1 amide bonds. The number of carbonyl (C=O) groups is 1. The van der Waals surface area contributed by atoms with E-state index in [1.807, 2.05) is 66.4 Å². The van der Waals surface area contributed by atoms with Crippen LogP contribution in [0.3, 0.4) is 0 Å². The summed E-state index contributed by atoms with van der Waals surface area (Å²) in [4.78, 5) is 14.9. The third-order valence-electron chi connectivity index (χ3n) is 5.58. The standard InChI is InChI=1S/C25H29N3O3/c1-17(2)27(24(29)19-14-15-19)16-21-18(3)26-28(20-10-6-5-7-11-20)25(21)31-23-13-9-8-12-22(23)30-4/h5-13,17,19H,14-16H2,1-4H3. The molecule has 0 spiro atoms. The summed E-state index contributed by atoms with van der Waals surface area (Å²) in [5.74, 6) is 2.22. The lowest BCUT2D eigenvalue weighted by molar-refractivity contribution is -0.134. The molecule has 0 radical (unpaired) electrons. The number of methoxy groups -OCH3 is 1. The summed E-state index contributed by atoms with van der Waals surface area (Å²) < 4.78 is 13.7. The number of nitrogens with zero attached hydrogens (tertiary/aromatic N) is 3. The second kappa shape index (κ2) is 8.84. The lowest BCUT2D eigenvalue weighted by Crippen LogP contribution is -2.37. The number of ether oxygens (including phenoxy) is 2. The zero-order valence-corrected chi connectivity index (χ0v) is 18.5. The quantitative estimate of drug-likeness (QED) is 0.508. The molecule has 0 N–H and O–H groups in total. The van der Waals surface area contributed by atoms with E-state index in [9.17, 15) is 4.79 Å². The number of benzene rings is 2. The number of para-hydroxylation sites is 3. The summed E-state index contributed by atoms with van der Waals surface area (Å²) in [6, 6.07) is 17.5. The number of aromatic nitrogens is 2. The predicted octanol–water partition coefficient (Wildman–Crippen LogP) is 5.13. The Hall–Kier alpha value is -3.28. The lowest BCUT2D eigenvalue weighted by Gasteiger charge is -2.27. The van der Waals surface area contributed by atoms with Crippen molar-refractivity contribution in [2.75, 3.05) is 7.11 Å². The van der Waals surface area contributed by atoms with Crippen LogP contribution in [0.15, 0.2) is 54.6 Å². The molecule has 3 aromatic rings. The van der Waals surface area contributed by atoms with E-state index in [0.29, 0.717) is 23.9 Å². The Morgan fingerprint density at radius 2 is 1.74 bits per heavy atom. The fourth-order valence-electron chi connectivity index (χ4n) is 3.63. The van der Waals surface area contributed by atoms with Gasteiger partial charge in [0.2, 0.25) is 11.8 Å². The van der Waals surface area contributed by atoms with Gasteiger partial charge in [-0.25, -0.2) is 4.68 Å². The molecule has 1 fully saturated rings. The zero-order valence-electron chi connectivity index (χ0n) is 18.5.